The van der Waals surface area contributed by atoms with Gasteiger partial charge in [-0.25, -0.2) is 4.98 Å². The van der Waals surface area contributed by atoms with Crippen LogP contribution < -0.4 is 5.32 Å². The molecule has 3 rings (SSSR count). The fourth-order valence-corrected chi connectivity index (χ4v) is 3.04. The van der Waals surface area contributed by atoms with Crippen LogP contribution in [0.2, 0.25) is 0 Å². The number of aryl methyl sites for hydroxylation is 3. The smallest absolute Gasteiger partial charge is 0.226 e. The minimum absolute atomic E-state index is 0.0132. The van der Waals surface area contributed by atoms with Crippen molar-refractivity contribution in [3.05, 3.63) is 40.9 Å². The molecule has 1 N–H and O–H groups in total. The molecule has 0 aromatic carbocycles. The molecule has 3 aromatic rings. The van der Waals surface area contributed by atoms with Crippen molar-refractivity contribution in [2.45, 2.75) is 54.5 Å². The first-order valence-corrected chi connectivity index (χ1v) is 8.82. The Bertz CT molecular complexity index is 960. The number of hydrogen-bond acceptors (Lipinski definition) is 4. The van der Waals surface area contributed by atoms with Gasteiger partial charge in [0, 0.05) is 18.2 Å². The monoisotopic (exact) mass is 354 g/mol. The Morgan fingerprint density at radius 2 is 1.92 bits per heavy atom. The number of amides is 1. The Balaban J connectivity index is 1.91. The highest BCUT2D eigenvalue weighted by Crippen LogP contribution is 2.25. The summed E-state index contributed by atoms with van der Waals surface area (Å²) in [6.07, 6.45) is 0.455. The number of nitrogens with one attached hydrogen (secondary N) is 1. The van der Waals surface area contributed by atoms with Gasteiger partial charge in [-0.2, -0.15) is 0 Å². The zero-order chi connectivity index (χ0) is 19.1. The maximum absolute atomic E-state index is 12.3. The fourth-order valence-electron chi connectivity index (χ4n) is 3.04. The van der Waals surface area contributed by atoms with E-state index in [0.29, 0.717) is 18.8 Å². The third-order valence-corrected chi connectivity index (χ3v) is 4.22. The van der Waals surface area contributed by atoms with Crippen LogP contribution in [0.25, 0.3) is 11.0 Å². The summed E-state index contributed by atoms with van der Waals surface area (Å²) in [6.45, 7) is 12.7. The van der Waals surface area contributed by atoms with Gasteiger partial charge in [0.25, 0.3) is 0 Å². The Morgan fingerprint density at radius 3 is 2.54 bits per heavy atom. The van der Waals surface area contributed by atoms with Gasteiger partial charge in [0.1, 0.15) is 5.82 Å². The minimum Gasteiger partial charge on any atom is -0.359 e. The van der Waals surface area contributed by atoms with Crippen molar-refractivity contribution in [2.24, 2.45) is 5.41 Å². The number of nitrogens with zero attached hydrogens (tertiary/aromatic N) is 3. The molecule has 0 saturated heterocycles. The average molecular weight is 354 g/mol. The summed E-state index contributed by atoms with van der Waals surface area (Å²) in [5.41, 5.74) is 4.70. The maximum Gasteiger partial charge on any atom is 0.226 e. The summed E-state index contributed by atoms with van der Waals surface area (Å²) in [4.78, 5) is 16.9. The van der Waals surface area contributed by atoms with Crippen LogP contribution in [-0.4, -0.2) is 20.6 Å². The van der Waals surface area contributed by atoms with E-state index in [1.54, 1.807) is 0 Å². The molecule has 0 aliphatic rings. The van der Waals surface area contributed by atoms with Crippen molar-refractivity contribution in [3.63, 3.8) is 0 Å². The maximum atomic E-state index is 12.3. The van der Waals surface area contributed by atoms with E-state index in [9.17, 15) is 4.79 Å². The first-order chi connectivity index (χ1) is 12.1. The van der Waals surface area contributed by atoms with Crippen LogP contribution in [0.3, 0.4) is 0 Å². The van der Waals surface area contributed by atoms with Gasteiger partial charge in [0.05, 0.1) is 23.3 Å². The first kappa shape index (κ1) is 18.2. The summed E-state index contributed by atoms with van der Waals surface area (Å²) in [6, 6.07) is 6.02. The van der Waals surface area contributed by atoms with E-state index >= 15 is 0 Å². The van der Waals surface area contributed by atoms with Gasteiger partial charge in [-0.1, -0.05) is 25.9 Å². The highest BCUT2D eigenvalue weighted by molar-refractivity contribution is 5.92. The molecule has 0 aliphatic carbocycles. The molecule has 0 aliphatic heterocycles. The molecule has 3 aromatic heterocycles. The quantitative estimate of drug-likeness (QED) is 0.755. The Kier molecular flexibility index (Phi) is 4.61. The van der Waals surface area contributed by atoms with E-state index in [1.807, 2.05) is 53.7 Å². The lowest BCUT2D eigenvalue weighted by Gasteiger charge is -2.17. The number of pyridine rings is 1. The molecule has 0 bridgehead atoms. The van der Waals surface area contributed by atoms with Gasteiger partial charge < -0.3 is 14.4 Å². The van der Waals surface area contributed by atoms with Crippen molar-refractivity contribution in [3.8, 4) is 0 Å². The summed E-state index contributed by atoms with van der Waals surface area (Å²) in [7, 11) is 0. The van der Waals surface area contributed by atoms with Crippen LogP contribution in [0.4, 0.5) is 5.82 Å². The molecular weight excluding hydrogens is 328 g/mol. The van der Waals surface area contributed by atoms with E-state index in [2.05, 4.69) is 26.1 Å². The number of carbonyl (C=O) groups is 1. The third kappa shape index (κ3) is 3.95. The summed E-state index contributed by atoms with van der Waals surface area (Å²) in [5, 5.41) is 6.90. The van der Waals surface area contributed by atoms with E-state index in [-0.39, 0.29) is 11.3 Å². The molecule has 0 saturated carbocycles. The molecule has 6 nitrogen and oxygen atoms in total. The standard InChI is InChI=1S/C20H26N4O2/c1-12-7-17-16(21-19(12)22-18(25)10-20(4,5)6)9-14(3)24(17)11-15-8-13(2)23-26-15/h7-9H,10-11H2,1-6H3,(H,21,22,25). The topological polar surface area (TPSA) is 73.0 Å². The highest BCUT2D eigenvalue weighted by Gasteiger charge is 2.18. The second-order valence-electron chi connectivity index (χ2n) is 8.15. The number of rotatable bonds is 4. The number of fused-ring (bicyclic) bond motifs is 1. The number of aromatic nitrogens is 3. The summed E-state index contributed by atoms with van der Waals surface area (Å²) in [5.74, 6) is 1.42. The van der Waals surface area contributed by atoms with Crippen molar-refractivity contribution < 1.29 is 9.32 Å². The van der Waals surface area contributed by atoms with Gasteiger partial charge in [-0.15, -0.1) is 0 Å². The molecule has 1 amide bonds. The number of carbonyl (C=O) groups excluding carboxylic acids is 1. The second-order valence-corrected chi connectivity index (χ2v) is 8.15. The molecule has 26 heavy (non-hydrogen) atoms. The van der Waals surface area contributed by atoms with E-state index in [4.69, 9.17) is 4.52 Å². The molecular formula is C20H26N4O2. The minimum atomic E-state index is -0.0583. The Hall–Kier alpha value is -2.63. The van der Waals surface area contributed by atoms with Crippen molar-refractivity contribution in [2.75, 3.05) is 5.32 Å². The van der Waals surface area contributed by atoms with Crippen LogP contribution in [0.1, 0.15) is 49.9 Å². The molecule has 3 heterocycles. The predicted molar refractivity (Wildman–Crippen MR) is 102 cm³/mol. The fraction of sp³-hybridized carbons (Fsp3) is 0.450. The van der Waals surface area contributed by atoms with Crippen LogP contribution in [0, 0.1) is 26.2 Å². The highest BCUT2D eigenvalue weighted by atomic mass is 16.5. The van der Waals surface area contributed by atoms with Gasteiger partial charge in [0.15, 0.2) is 5.76 Å². The molecule has 0 radical (unpaired) electrons. The summed E-state index contributed by atoms with van der Waals surface area (Å²) >= 11 is 0. The number of anilines is 1. The molecule has 0 unspecified atom stereocenters. The third-order valence-electron chi connectivity index (χ3n) is 4.22. The Morgan fingerprint density at radius 1 is 1.19 bits per heavy atom. The normalized spacial score (nSPS) is 11.9. The van der Waals surface area contributed by atoms with E-state index in [1.165, 1.54) is 0 Å². The second kappa shape index (κ2) is 6.59. The van der Waals surface area contributed by atoms with Crippen molar-refractivity contribution in [1.29, 1.82) is 0 Å². The largest absolute Gasteiger partial charge is 0.359 e. The van der Waals surface area contributed by atoms with E-state index < -0.39 is 0 Å². The zero-order valence-electron chi connectivity index (χ0n) is 16.3. The molecule has 0 spiro atoms. The van der Waals surface area contributed by atoms with Gasteiger partial charge in [0.2, 0.25) is 5.91 Å². The predicted octanol–water partition coefficient (Wildman–Crippen LogP) is 4.37. The van der Waals surface area contributed by atoms with Crippen LogP contribution >= 0.6 is 0 Å². The molecule has 0 atom stereocenters. The Labute approximate surface area is 153 Å². The SMILES string of the molecule is Cc1cc(Cn2c(C)cc3nc(NC(=O)CC(C)(C)C)c(C)cc32)on1. The van der Waals surface area contributed by atoms with Gasteiger partial charge in [-0.3, -0.25) is 4.79 Å². The lowest BCUT2D eigenvalue weighted by atomic mass is 9.92. The summed E-state index contributed by atoms with van der Waals surface area (Å²) < 4.78 is 7.50. The van der Waals surface area contributed by atoms with Gasteiger partial charge >= 0.3 is 0 Å². The van der Waals surface area contributed by atoms with Crippen LogP contribution in [0.5, 0.6) is 0 Å². The molecule has 6 heteroatoms. The average Bonchev–Trinajstić information content (AvgIpc) is 3.03. The van der Waals surface area contributed by atoms with Crippen LogP contribution in [0.15, 0.2) is 22.7 Å². The van der Waals surface area contributed by atoms with Crippen molar-refractivity contribution >= 4 is 22.8 Å². The van der Waals surface area contributed by atoms with Crippen LogP contribution in [-0.2, 0) is 11.3 Å². The van der Waals surface area contributed by atoms with E-state index in [0.717, 1.165) is 33.7 Å². The zero-order valence-corrected chi connectivity index (χ0v) is 16.3. The first-order valence-electron chi connectivity index (χ1n) is 8.82. The molecule has 0 fully saturated rings. The lowest BCUT2D eigenvalue weighted by molar-refractivity contribution is -0.117. The van der Waals surface area contributed by atoms with Crippen molar-refractivity contribution in [1.82, 2.24) is 14.7 Å². The van der Waals surface area contributed by atoms with Gasteiger partial charge in [-0.05, 0) is 43.9 Å². The lowest BCUT2D eigenvalue weighted by Crippen LogP contribution is -2.20. The molecule has 138 valence electrons. The number of hydrogen-bond donors (Lipinski definition) is 1.